The highest BCUT2D eigenvalue weighted by Gasteiger charge is 2.17. The van der Waals surface area contributed by atoms with Crippen LogP contribution in [0, 0.1) is 15.9 Å². The van der Waals surface area contributed by atoms with Crippen molar-refractivity contribution in [2.75, 3.05) is 19.5 Å². The SMILES string of the molecule is CNc1cc(F)c(OC)cc1[N+](=O)[O-]. The molecule has 5 nitrogen and oxygen atoms in total. The van der Waals surface area contributed by atoms with Crippen LogP contribution in [0.1, 0.15) is 0 Å². The summed E-state index contributed by atoms with van der Waals surface area (Å²) in [6, 6.07) is 2.07. The van der Waals surface area contributed by atoms with Crippen LogP contribution < -0.4 is 10.1 Å². The first kappa shape index (κ1) is 10.2. The average molecular weight is 200 g/mol. The number of hydrogen-bond donors (Lipinski definition) is 1. The van der Waals surface area contributed by atoms with Crippen molar-refractivity contribution in [3.05, 3.63) is 28.1 Å². The van der Waals surface area contributed by atoms with Gasteiger partial charge in [-0.05, 0) is 0 Å². The van der Waals surface area contributed by atoms with E-state index in [0.29, 0.717) is 0 Å². The van der Waals surface area contributed by atoms with Crippen molar-refractivity contribution < 1.29 is 14.1 Å². The zero-order chi connectivity index (χ0) is 10.7. The van der Waals surface area contributed by atoms with Crippen molar-refractivity contribution in [3.63, 3.8) is 0 Å². The Kier molecular flexibility index (Phi) is 2.85. The number of nitro groups is 1. The molecule has 0 spiro atoms. The number of hydrogen-bond acceptors (Lipinski definition) is 4. The normalized spacial score (nSPS) is 9.64. The summed E-state index contributed by atoms with van der Waals surface area (Å²) in [7, 11) is 2.73. The molecule has 0 unspecified atom stereocenters. The van der Waals surface area contributed by atoms with Gasteiger partial charge in [-0.2, -0.15) is 0 Å². The van der Waals surface area contributed by atoms with Crippen LogP contribution in [0.4, 0.5) is 15.8 Å². The summed E-state index contributed by atoms with van der Waals surface area (Å²) in [6.45, 7) is 0. The molecule has 0 amide bonds. The molecule has 0 aromatic heterocycles. The molecule has 1 rings (SSSR count). The van der Waals surface area contributed by atoms with Gasteiger partial charge in [-0.1, -0.05) is 0 Å². The van der Waals surface area contributed by atoms with Crippen LogP contribution in [0.3, 0.4) is 0 Å². The van der Waals surface area contributed by atoms with Gasteiger partial charge in [0.05, 0.1) is 18.1 Å². The Bertz CT molecular complexity index is 368. The first-order chi connectivity index (χ1) is 6.60. The van der Waals surface area contributed by atoms with E-state index in [4.69, 9.17) is 0 Å². The van der Waals surface area contributed by atoms with Gasteiger partial charge in [0.2, 0.25) is 0 Å². The van der Waals surface area contributed by atoms with Crippen LogP contribution in [0.25, 0.3) is 0 Å². The second-order valence-electron chi connectivity index (χ2n) is 2.51. The van der Waals surface area contributed by atoms with Crippen LogP contribution in [0.5, 0.6) is 5.75 Å². The summed E-state index contributed by atoms with van der Waals surface area (Å²) in [5, 5.41) is 13.1. The van der Waals surface area contributed by atoms with Crippen LogP contribution >= 0.6 is 0 Å². The molecule has 0 fully saturated rings. The van der Waals surface area contributed by atoms with Crippen molar-refractivity contribution in [1.29, 1.82) is 0 Å². The quantitative estimate of drug-likeness (QED) is 0.596. The minimum absolute atomic E-state index is 0.119. The first-order valence-corrected chi connectivity index (χ1v) is 3.79. The summed E-state index contributed by atoms with van der Waals surface area (Å²) in [5.41, 5.74) is -0.0981. The Balaban J connectivity index is 3.32. The van der Waals surface area contributed by atoms with E-state index in [1.165, 1.54) is 14.2 Å². The van der Waals surface area contributed by atoms with Gasteiger partial charge >= 0.3 is 0 Å². The summed E-state index contributed by atoms with van der Waals surface area (Å²) < 4.78 is 17.7. The number of rotatable bonds is 3. The van der Waals surface area contributed by atoms with E-state index in [9.17, 15) is 14.5 Å². The van der Waals surface area contributed by atoms with E-state index in [1.807, 2.05) is 0 Å². The number of methoxy groups -OCH3 is 1. The van der Waals surface area contributed by atoms with Gasteiger partial charge in [-0.25, -0.2) is 4.39 Å². The molecule has 0 saturated carbocycles. The first-order valence-electron chi connectivity index (χ1n) is 3.79. The molecule has 0 heterocycles. The largest absolute Gasteiger partial charge is 0.493 e. The van der Waals surface area contributed by atoms with Crippen molar-refractivity contribution in [3.8, 4) is 5.75 Å². The Morgan fingerprint density at radius 2 is 2.21 bits per heavy atom. The van der Waals surface area contributed by atoms with Crippen molar-refractivity contribution >= 4 is 11.4 Å². The summed E-state index contributed by atoms with van der Waals surface area (Å²) in [4.78, 5) is 9.94. The molecule has 0 aliphatic heterocycles. The second-order valence-corrected chi connectivity index (χ2v) is 2.51. The lowest BCUT2D eigenvalue weighted by atomic mass is 10.2. The molecule has 0 aliphatic carbocycles. The van der Waals surface area contributed by atoms with Gasteiger partial charge in [0.1, 0.15) is 5.69 Å². The van der Waals surface area contributed by atoms with Crippen LogP contribution in [-0.4, -0.2) is 19.1 Å². The highest BCUT2D eigenvalue weighted by Crippen LogP contribution is 2.31. The monoisotopic (exact) mass is 200 g/mol. The highest BCUT2D eigenvalue weighted by molar-refractivity contribution is 5.63. The van der Waals surface area contributed by atoms with Gasteiger partial charge in [-0.15, -0.1) is 0 Å². The van der Waals surface area contributed by atoms with E-state index in [-0.39, 0.29) is 17.1 Å². The molecule has 6 heteroatoms. The Labute approximate surface area is 79.6 Å². The molecule has 0 radical (unpaired) electrons. The van der Waals surface area contributed by atoms with Crippen molar-refractivity contribution in [2.45, 2.75) is 0 Å². The van der Waals surface area contributed by atoms with E-state index in [2.05, 4.69) is 10.1 Å². The Morgan fingerprint density at radius 3 is 2.64 bits per heavy atom. The van der Waals surface area contributed by atoms with Gasteiger partial charge in [0.25, 0.3) is 5.69 Å². The number of halogens is 1. The minimum Gasteiger partial charge on any atom is -0.493 e. The molecular weight excluding hydrogens is 191 g/mol. The molecule has 0 atom stereocenters. The number of benzene rings is 1. The van der Waals surface area contributed by atoms with Gasteiger partial charge in [-0.3, -0.25) is 10.1 Å². The third-order valence-corrected chi connectivity index (χ3v) is 1.74. The summed E-state index contributed by atoms with van der Waals surface area (Å²) in [5.74, 6) is -0.779. The zero-order valence-corrected chi connectivity index (χ0v) is 7.70. The fourth-order valence-corrected chi connectivity index (χ4v) is 1.05. The molecule has 14 heavy (non-hydrogen) atoms. The van der Waals surface area contributed by atoms with Gasteiger partial charge < -0.3 is 10.1 Å². The lowest BCUT2D eigenvalue weighted by Crippen LogP contribution is -1.99. The lowest BCUT2D eigenvalue weighted by Gasteiger charge is -2.05. The van der Waals surface area contributed by atoms with Crippen molar-refractivity contribution in [2.24, 2.45) is 0 Å². The third-order valence-electron chi connectivity index (χ3n) is 1.74. The molecule has 1 aromatic rings. The Morgan fingerprint density at radius 1 is 1.57 bits per heavy atom. The number of ether oxygens (including phenoxy) is 1. The minimum atomic E-state index is -0.637. The average Bonchev–Trinajstić information content (AvgIpc) is 2.16. The maximum absolute atomic E-state index is 13.1. The molecular formula is C8H9FN2O3. The van der Waals surface area contributed by atoms with Crippen LogP contribution in [0.15, 0.2) is 12.1 Å². The van der Waals surface area contributed by atoms with Crippen LogP contribution in [0.2, 0.25) is 0 Å². The maximum atomic E-state index is 13.1. The topological polar surface area (TPSA) is 64.4 Å². The fourth-order valence-electron chi connectivity index (χ4n) is 1.05. The predicted molar refractivity (Wildman–Crippen MR) is 49.2 cm³/mol. The molecule has 0 aliphatic rings. The summed E-state index contributed by atoms with van der Waals surface area (Å²) >= 11 is 0. The second kappa shape index (κ2) is 3.91. The van der Waals surface area contributed by atoms with E-state index in [1.54, 1.807) is 0 Å². The highest BCUT2D eigenvalue weighted by atomic mass is 19.1. The Hall–Kier alpha value is -1.85. The summed E-state index contributed by atoms with van der Waals surface area (Å²) in [6.07, 6.45) is 0. The molecule has 0 bridgehead atoms. The van der Waals surface area contributed by atoms with Gasteiger partial charge in [0, 0.05) is 13.1 Å². The molecule has 1 N–H and O–H groups in total. The lowest BCUT2D eigenvalue weighted by molar-refractivity contribution is -0.384. The zero-order valence-electron chi connectivity index (χ0n) is 7.70. The standard InChI is InChI=1S/C8H9FN2O3/c1-10-6-3-5(9)8(14-2)4-7(6)11(12)13/h3-4,10H,1-2H3. The third kappa shape index (κ3) is 1.73. The number of anilines is 1. The van der Waals surface area contributed by atoms with Crippen LogP contribution in [-0.2, 0) is 0 Å². The molecule has 1 aromatic carbocycles. The smallest absolute Gasteiger partial charge is 0.296 e. The fraction of sp³-hybridized carbons (Fsp3) is 0.250. The van der Waals surface area contributed by atoms with E-state index in [0.717, 1.165) is 12.1 Å². The maximum Gasteiger partial charge on any atom is 0.296 e. The van der Waals surface area contributed by atoms with E-state index >= 15 is 0 Å². The number of nitro benzene ring substituents is 1. The number of nitrogens with one attached hydrogen (secondary N) is 1. The van der Waals surface area contributed by atoms with Crippen molar-refractivity contribution in [1.82, 2.24) is 0 Å². The predicted octanol–water partition coefficient (Wildman–Crippen LogP) is 1.78. The number of nitrogens with zero attached hydrogens (tertiary/aromatic N) is 1. The van der Waals surface area contributed by atoms with E-state index < -0.39 is 10.7 Å². The molecule has 0 saturated heterocycles. The van der Waals surface area contributed by atoms with Gasteiger partial charge in [0.15, 0.2) is 11.6 Å². The molecule has 76 valence electrons.